The molecule has 1 aliphatic carbocycles. The first kappa shape index (κ1) is 26.7. The lowest BCUT2D eigenvalue weighted by Crippen LogP contribution is -1.91. The summed E-state index contributed by atoms with van der Waals surface area (Å²) in [6.07, 6.45) is 5.15. The molecule has 192 valence electrons. The van der Waals surface area contributed by atoms with E-state index in [9.17, 15) is 18.3 Å². The number of hydrogen-bond donors (Lipinski definition) is 2. The Bertz CT molecular complexity index is 1460. The van der Waals surface area contributed by atoms with Gasteiger partial charge in [0.25, 0.3) is 0 Å². The fourth-order valence-corrected chi connectivity index (χ4v) is 4.84. The molecule has 2 heterocycles. The fraction of sp³-hybridized carbons (Fsp3) is 0.160. The number of halogens is 2. The van der Waals surface area contributed by atoms with Gasteiger partial charge >= 0.3 is 0 Å². The number of anilines is 1. The Hall–Kier alpha value is -3.38. The van der Waals surface area contributed by atoms with Crippen LogP contribution in [-0.4, -0.2) is 37.2 Å². The Kier molecular flexibility index (Phi) is 8.49. The van der Waals surface area contributed by atoms with Crippen LogP contribution in [0.5, 0.6) is 11.5 Å². The highest BCUT2D eigenvalue weighted by molar-refractivity contribution is 7.79. The molecule has 1 aliphatic rings. The van der Waals surface area contributed by atoms with E-state index in [2.05, 4.69) is 15.0 Å². The van der Waals surface area contributed by atoms with Gasteiger partial charge in [-0.2, -0.15) is 0 Å². The maximum atomic E-state index is 13.1. The van der Waals surface area contributed by atoms with Crippen molar-refractivity contribution in [3.63, 3.8) is 0 Å². The summed E-state index contributed by atoms with van der Waals surface area (Å²) in [5, 5.41) is 10.5. The van der Waals surface area contributed by atoms with E-state index in [1.54, 1.807) is 30.3 Å². The van der Waals surface area contributed by atoms with E-state index in [1.807, 2.05) is 0 Å². The van der Waals surface area contributed by atoms with Crippen LogP contribution in [0.2, 0.25) is 5.02 Å². The van der Waals surface area contributed by atoms with E-state index in [-0.39, 0.29) is 15.8 Å². The standard InChI is InChI=1S/C13H12N2O4S.C12H10ClFN2S/c1-19-11-4-2-3-9(13(11)16)7-14-10-5-6-12(15-8-10)20(17)18;13-8-5-7(3-4-9(8)14)10-11(6-1-2-6)17-12(15)16-10/h2-8,16H,1H3,(H,17,18);3-6H,1-2H2,(H2,15,16)/p-1. The Balaban J connectivity index is 0.000000175. The minimum absolute atomic E-state index is 0.0102. The van der Waals surface area contributed by atoms with Crippen LogP contribution in [-0.2, 0) is 11.1 Å². The SMILES string of the molecule is COc1cccc(C=Nc2ccc(S(=O)[O-])nc2)c1O.Nc1nc(-c2ccc(F)c(Cl)c2)c(C2CC2)s1. The molecule has 2 aromatic heterocycles. The largest absolute Gasteiger partial charge is 0.767 e. The molecule has 1 fully saturated rings. The summed E-state index contributed by atoms with van der Waals surface area (Å²) < 4.78 is 39.4. The number of hydrogen-bond acceptors (Lipinski definition) is 9. The lowest BCUT2D eigenvalue weighted by molar-refractivity contribution is 0.373. The van der Waals surface area contributed by atoms with Gasteiger partial charge in [-0.3, -0.25) is 9.20 Å². The summed E-state index contributed by atoms with van der Waals surface area (Å²) in [7, 11) is 1.46. The second kappa shape index (κ2) is 11.8. The van der Waals surface area contributed by atoms with E-state index in [1.165, 1.54) is 66.8 Å². The van der Waals surface area contributed by atoms with Crippen molar-refractivity contribution in [3.05, 3.63) is 76.0 Å². The second-order valence-corrected chi connectivity index (χ2v) is 10.3. The Morgan fingerprint density at radius 2 is 2.08 bits per heavy atom. The smallest absolute Gasteiger partial charge is 0.180 e. The van der Waals surface area contributed by atoms with Crippen molar-refractivity contribution in [1.29, 1.82) is 0 Å². The number of nitrogens with zero attached hydrogens (tertiary/aromatic N) is 3. The van der Waals surface area contributed by atoms with Crippen LogP contribution in [0.4, 0.5) is 15.2 Å². The topological polar surface area (TPSA) is 134 Å². The molecule has 1 saturated carbocycles. The lowest BCUT2D eigenvalue weighted by atomic mass is 10.1. The number of benzene rings is 2. The zero-order chi connectivity index (χ0) is 26.5. The van der Waals surface area contributed by atoms with Crippen LogP contribution < -0.4 is 10.5 Å². The summed E-state index contributed by atoms with van der Waals surface area (Å²) in [6.45, 7) is 0. The van der Waals surface area contributed by atoms with Gasteiger partial charge in [0.1, 0.15) is 10.8 Å². The average molecular weight is 560 g/mol. The van der Waals surface area contributed by atoms with E-state index in [0.29, 0.717) is 28.0 Å². The Morgan fingerprint density at radius 1 is 1.30 bits per heavy atom. The molecule has 1 atom stereocenters. The van der Waals surface area contributed by atoms with Crippen molar-refractivity contribution in [2.45, 2.75) is 23.8 Å². The molecule has 4 aromatic rings. The highest BCUT2D eigenvalue weighted by Gasteiger charge is 2.29. The van der Waals surface area contributed by atoms with Crippen LogP contribution in [0.25, 0.3) is 11.3 Å². The number of para-hydroxylation sites is 1. The minimum atomic E-state index is -2.35. The summed E-state index contributed by atoms with van der Waals surface area (Å²) in [5.74, 6) is 0.503. The van der Waals surface area contributed by atoms with Crippen LogP contribution >= 0.6 is 22.9 Å². The molecule has 0 amide bonds. The first-order valence-corrected chi connectivity index (χ1v) is 13.2. The molecule has 37 heavy (non-hydrogen) atoms. The molecular formula is C25H21ClFN4O4S2-. The Labute approximate surface area is 223 Å². The van der Waals surface area contributed by atoms with Crippen LogP contribution in [0.3, 0.4) is 0 Å². The molecule has 3 N–H and O–H groups in total. The van der Waals surface area contributed by atoms with Gasteiger partial charge in [-0.15, -0.1) is 11.3 Å². The maximum absolute atomic E-state index is 13.1. The summed E-state index contributed by atoms with van der Waals surface area (Å²) >= 11 is 4.95. The molecule has 8 nitrogen and oxygen atoms in total. The van der Waals surface area contributed by atoms with Gasteiger partial charge < -0.3 is 20.1 Å². The number of methoxy groups -OCH3 is 1. The highest BCUT2D eigenvalue weighted by Crippen LogP contribution is 2.48. The predicted octanol–water partition coefficient (Wildman–Crippen LogP) is 5.85. The highest BCUT2D eigenvalue weighted by atomic mass is 35.5. The number of thiazole rings is 1. The van der Waals surface area contributed by atoms with Gasteiger partial charge in [-0.1, -0.05) is 17.7 Å². The van der Waals surface area contributed by atoms with Crippen molar-refractivity contribution >= 4 is 51.1 Å². The first-order valence-electron chi connectivity index (χ1n) is 10.9. The van der Waals surface area contributed by atoms with Crippen molar-refractivity contribution in [2.24, 2.45) is 4.99 Å². The molecule has 0 aliphatic heterocycles. The third kappa shape index (κ3) is 6.69. The summed E-state index contributed by atoms with van der Waals surface area (Å²) in [5.41, 5.74) is 8.41. The number of phenolic OH excluding ortho intramolecular Hbond substituents is 1. The third-order valence-electron chi connectivity index (χ3n) is 5.31. The molecule has 12 heteroatoms. The van der Waals surface area contributed by atoms with Gasteiger partial charge in [0.05, 0.1) is 29.7 Å². The zero-order valence-electron chi connectivity index (χ0n) is 19.4. The van der Waals surface area contributed by atoms with Crippen LogP contribution in [0, 0.1) is 5.82 Å². The zero-order valence-corrected chi connectivity index (χ0v) is 21.8. The van der Waals surface area contributed by atoms with Gasteiger partial charge in [-0.05, 0) is 72.3 Å². The quantitative estimate of drug-likeness (QED) is 0.223. The number of nitrogens with two attached hydrogens (primary N) is 1. The average Bonchev–Trinajstić information content (AvgIpc) is 3.66. The molecule has 0 spiro atoms. The maximum Gasteiger partial charge on any atom is 0.180 e. The third-order valence-corrected chi connectivity index (χ3v) is 7.23. The molecule has 0 saturated heterocycles. The van der Waals surface area contributed by atoms with Crippen molar-refractivity contribution in [3.8, 4) is 22.8 Å². The minimum Gasteiger partial charge on any atom is -0.767 e. The number of nitrogen functional groups attached to an aromatic ring is 1. The van der Waals surface area contributed by atoms with Gasteiger partial charge in [0.2, 0.25) is 0 Å². The molecule has 5 rings (SSSR count). The van der Waals surface area contributed by atoms with Gasteiger partial charge in [0.15, 0.2) is 16.6 Å². The lowest BCUT2D eigenvalue weighted by Gasteiger charge is -2.05. The van der Waals surface area contributed by atoms with Crippen molar-refractivity contribution in [1.82, 2.24) is 9.97 Å². The van der Waals surface area contributed by atoms with E-state index in [0.717, 1.165) is 11.3 Å². The first-order chi connectivity index (χ1) is 17.8. The molecule has 0 radical (unpaired) electrons. The number of aromatic hydroxyl groups is 1. The number of rotatable bonds is 6. The molecular weight excluding hydrogens is 539 g/mol. The summed E-state index contributed by atoms with van der Waals surface area (Å²) in [6, 6.07) is 12.6. The van der Waals surface area contributed by atoms with Crippen LogP contribution in [0.15, 0.2) is 64.7 Å². The number of aliphatic imine (C=N–C) groups is 1. The van der Waals surface area contributed by atoms with E-state index >= 15 is 0 Å². The number of phenols is 1. The van der Waals surface area contributed by atoms with E-state index in [4.69, 9.17) is 22.1 Å². The second-order valence-electron chi connectivity index (χ2n) is 7.91. The number of aromatic nitrogens is 2. The molecule has 1 unspecified atom stereocenters. The van der Waals surface area contributed by atoms with E-state index < -0.39 is 16.9 Å². The normalized spacial score (nSPS) is 13.7. The van der Waals surface area contributed by atoms with Gasteiger partial charge in [0, 0.05) is 22.2 Å². The Morgan fingerprint density at radius 3 is 2.70 bits per heavy atom. The fourth-order valence-electron chi connectivity index (χ4n) is 3.32. The number of ether oxygens (including phenoxy) is 1. The van der Waals surface area contributed by atoms with Crippen molar-refractivity contribution in [2.75, 3.05) is 12.8 Å². The van der Waals surface area contributed by atoms with Crippen LogP contribution in [0.1, 0.15) is 29.2 Å². The molecule has 2 aromatic carbocycles. The van der Waals surface area contributed by atoms with Gasteiger partial charge in [-0.25, -0.2) is 14.4 Å². The predicted molar refractivity (Wildman–Crippen MR) is 142 cm³/mol. The number of pyridine rings is 1. The summed E-state index contributed by atoms with van der Waals surface area (Å²) in [4.78, 5) is 13.4. The van der Waals surface area contributed by atoms with Crippen molar-refractivity contribution < 1.29 is 23.0 Å². The molecule has 0 bridgehead atoms. The monoisotopic (exact) mass is 559 g/mol.